The second kappa shape index (κ2) is 8.61. The average Bonchev–Trinajstić information content (AvgIpc) is 3.47. The smallest absolute Gasteiger partial charge is 0.419 e. The molecule has 3 aromatic rings. The van der Waals surface area contributed by atoms with E-state index in [1.165, 1.54) is 16.9 Å². The maximum atomic E-state index is 13.5. The molecule has 0 spiro atoms. The average molecular weight is 458 g/mol. The molecule has 1 aliphatic rings. The molecule has 0 saturated heterocycles. The van der Waals surface area contributed by atoms with Crippen LogP contribution in [-0.2, 0) is 19.1 Å². The third kappa shape index (κ3) is 5.33. The molecule has 2 amide bonds. The number of halogens is 3. The maximum absolute atomic E-state index is 13.5. The molecule has 4 N–H and O–H groups in total. The largest absolute Gasteiger partial charge is 0.490 e. The quantitative estimate of drug-likeness (QED) is 0.539. The van der Waals surface area contributed by atoms with Crippen LogP contribution in [0.1, 0.15) is 55.9 Å². The Labute approximate surface area is 187 Å². The molecule has 0 aliphatic heterocycles. The molecular weight excluding hydrogens is 437 g/mol. The normalized spacial score (nSPS) is 13.7. The molecule has 0 bridgehead atoms. The van der Waals surface area contributed by atoms with Gasteiger partial charge in [0, 0.05) is 18.2 Å². The molecule has 10 heteroatoms. The van der Waals surface area contributed by atoms with Gasteiger partial charge in [-0.05, 0) is 48.2 Å². The summed E-state index contributed by atoms with van der Waals surface area (Å²) in [6.07, 6.45) is -1.58. The number of rotatable bonds is 8. The van der Waals surface area contributed by atoms with Crippen molar-refractivity contribution in [3.8, 4) is 5.75 Å². The van der Waals surface area contributed by atoms with Gasteiger partial charge in [0.1, 0.15) is 5.75 Å². The van der Waals surface area contributed by atoms with E-state index >= 15 is 0 Å². The van der Waals surface area contributed by atoms with Gasteiger partial charge in [0.15, 0.2) is 0 Å². The third-order valence-corrected chi connectivity index (χ3v) is 5.23. The molecule has 172 valence electrons. The van der Waals surface area contributed by atoms with Crippen LogP contribution in [0.3, 0.4) is 0 Å². The van der Waals surface area contributed by atoms with Crippen molar-refractivity contribution in [2.45, 2.75) is 38.1 Å². The summed E-state index contributed by atoms with van der Waals surface area (Å²) in [7, 11) is 0. The number of carbonyl (C=O) groups excluding carboxylic acids is 2. The van der Waals surface area contributed by atoms with Crippen molar-refractivity contribution in [2.24, 2.45) is 11.5 Å². The molecule has 1 saturated carbocycles. The molecule has 4 rings (SSSR count). The standard InChI is InChI=1S/C23H21F3N4O3/c24-23(25,26)18-9-14(3-8-20(18)33-16-6-7-16)11-30-12-17(22(28)32)19(29-30)10-13-1-4-15(5-2-13)21(27)31/h1-5,8-9,12,16H,6-7,10-11H2,(H2,27,31)(H2,28,32). The molecule has 1 fully saturated rings. The fourth-order valence-electron chi connectivity index (χ4n) is 3.41. The first-order chi connectivity index (χ1) is 15.6. The van der Waals surface area contributed by atoms with E-state index in [0.717, 1.165) is 24.5 Å². The molecule has 1 heterocycles. The summed E-state index contributed by atoms with van der Waals surface area (Å²) < 4.78 is 47.4. The first-order valence-corrected chi connectivity index (χ1v) is 10.2. The van der Waals surface area contributed by atoms with Gasteiger partial charge in [-0.15, -0.1) is 0 Å². The van der Waals surface area contributed by atoms with Gasteiger partial charge >= 0.3 is 6.18 Å². The Morgan fingerprint density at radius 1 is 1.03 bits per heavy atom. The summed E-state index contributed by atoms with van der Waals surface area (Å²) >= 11 is 0. The number of aromatic nitrogens is 2. The van der Waals surface area contributed by atoms with Crippen LogP contribution in [0.15, 0.2) is 48.7 Å². The van der Waals surface area contributed by atoms with E-state index in [1.807, 2.05) is 0 Å². The number of amides is 2. The zero-order valence-electron chi connectivity index (χ0n) is 17.4. The lowest BCUT2D eigenvalue weighted by Gasteiger charge is -2.15. The molecule has 1 aromatic heterocycles. The Morgan fingerprint density at radius 2 is 1.70 bits per heavy atom. The van der Waals surface area contributed by atoms with Crippen molar-refractivity contribution in [1.82, 2.24) is 9.78 Å². The zero-order chi connectivity index (χ0) is 23.8. The highest BCUT2D eigenvalue weighted by molar-refractivity contribution is 5.94. The number of hydrogen-bond donors (Lipinski definition) is 2. The van der Waals surface area contributed by atoms with Crippen LogP contribution in [0.4, 0.5) is 13.2 Å². The minimum absolute atomic E-state index is 0.00762. The summed E-state index contributed by atoms with van der Waals surface area (Å²) in [5, 5.41) is 4.36. The Morgan fingerprint density at radius 3 is 2.27 bits per heavy atom. The van der Waals surface area contributed by atoms with Crippen molar-refractivity contribution in [1.29, 1.82) is 0 Å². The number of ether oxygens (including phenoxy) is 1. The van der Waals surface area contributed by atoms with Crippen LogP contribution in [0, 0.1) is 0 Å². The second-order valence-electron chi connectivity index (χ2n) is 7.93. The number of carbonyl (C=O) groups is 2. The zero-order valence-corrected chi connectivity index (χ0v) is 17.4. The monoisotopic (exact) mass is 458 g/mol. The van der Waals surface area contributed by atoms with E-state index < -0.39 is 23.6 Å². The Balaban J connectivity index is 1.58. The first kappa shape index (κ1) is 22.4. The number of primary amides is 2. The second-order valence-corrected chi connectivity index (χ2v) is 7.93. The number of nitrogens with zero attached hydrogens (tertiary/aromatic N) is 2. The van der Waals surface area contributed by atoms with Crippen molar-refractivity contribution >= 4 is 11.8 Å². The van der Waals surface area contributed by atoms with Crippen molar-refractivity contribution < 1.29 is 27.5 Å². The van der Waals surface area contributed by atoms with Gasteiger partial charge in [0.2, 0.25) is 5.91 Å². The molecule has 2 aromatic carbocycles. The first-order valence-electron chi connectivity index (χ1n) is 10.2. The molecule has 1 aliphatic carbocycles. The van der Waals surface area contributed by atoms with Crippen molar-refractivity contribution in [3.63, 3.8) is 0 Å². The minimum Gasteiger partial charge on any atom is -0.490 e. The molecule has 0 atom stereocenters. The van der Waals surface area contributed by atoms with E-state index in [4.69, 9.17) is 16.2 Å². The summed E-state index contributed by atoms with van der Waals surface area (Å²) in [5.74, 6) is -1.45. The molecule has 0 unspecified atom stereocenters. The molecule has 33 heavy (non-hydrogen) atoms. The van der Waals surface area contributed by atoms with Gasteiger partial charge in [0.05, 0.1) is 29.5 Å². The highest BCUT2D eigenvalue weighted by Crippen LogP contribution is 2.39. The van der Waals surface area contributed by atoms with Crippen LogP contribution in [0.2, 0.25) is 0 Å². The maximum Gasteiger partial charge on any atom is 0.419 e. The van der Waals surface area contributed by atoms with Crippen molar-refractivity contribution in [2.75, 3.05) is 0 Å². The summed E-state index contributed by atoms with van der Waals surface area (Å²) in [6.45, 7) is 0.00762. The topological polar surface area (TPSA) is 113 Å². The van der Waals surface area contributed by atoms with Crippen LogP contribution < -0.4 is 16.2 Å². The van der Waals surface area contributed by atoms with E-state index in [2.05, 4.69) is 5.10 Å². The van der Waals surface area contributed by atoms with Gasteiger partial charge in [-0.1, -0.05) is 18.2 Å². The van der Waals surface area contributed by atoms with Gasteiger partial charge in [-0.3, -0.25) is 14.3 Å². The van der Waals surface area contributed by atoms with E-state index in [0.29, 0.717) is 16.8 Å². The van der Waals surface area contributed by atoms with E-state index in [-0.39, 0.29) is 30.4 Å². The van der Waals surface area contributed by atoms with Crippen molar-refractivity contribution in [3.05, 3.63) is 82.2 Å². The summed E-state index contributed by atoms with van der Waals surface area (Å²) in [4.78, 5) is 23.1. The predicted molar refractivity (Wildman–Crippen MR) is 113 cm³/mol. The van der Waals surface area contributed by atoms with Gasteiger partial charge in [-0.25, -0.2) is 0 Å². The highest BCUT2D eigenvalue weighted by Gasteiger charge is 2.36. The van der Waals surface area contributed by atoms with Gasteiger partial charge in [-0.2, -0.15) is 18.3 Å². The number of nitrogens with two attached hydrogens (primary N) is 2. The summed E-state index contributed by atoms with van der Waals surface area (Å²) in [6, 6.07) is 10.4. The summed E-state index contributed by atoms with van der Waals surface area (Å²) in [5.41, 5.74) is 11.9. The minimum atomic E-state index is -4.56. The predicted octanol–water partition coefficient (Wildman–Crippen LogP) is 3.28. The lowest BCUT2D eigenvalue weighted by atomic mass is 10.0. The van der Waals surface area contributed by atoms with Gasteiger partial charge in [0.25, 0.3) is 5.91 Å². The van der Waals surface area contributed by atoms with Crippen LogP contribution in [-0.4, -0.2) is 27.7 Å². The Bertz CT molecular complexity index is 1200. The number of alkyl halides is 3. The SMILES string of the molecule is NC(=O)c1ccc(Cc2nn(Cc3ccc(OC4CC4)c(C(F)(F)F)c3)cc2C(N)=O)cc1. The lowest BCUT2D eigenvalue weighted by molar-refractivity contribution is -0.139. The van der Waals surface area contributed by atoms with Crippen LogP contribution >= 0.6 is 0 Å². The molecule has 0 radical (unpaired) electrons. The molecular formula is C23H21F3N4O3. The molecule has 7 nitrogen and oxygen atoms in total. The lowest BCUT2D eigenvalue weighted by Crippen LogP contribution is -2.13. The fraction of sp³-hybridized carbons (Fsp3) is 0.261. The van der Waals surface area contributed by atoms with E-state index in [9.17, 15) is 22.8 Å². The van der Waals surface area contributed by atoms with Crippen LogP contribution in [0.25, 0.3) is 0 Å². The number of hydrogen-bond acceptors (Lipinski definition) is 4. The van der Waals surface area contributed by atoms with Gasteiger partial charge < -0.3 is 16.2 Å². The fourth-order valence-corrected chi connectivity index (χ4v) is 3.41. The number of benzene rings is 2. The Kier molecular flexibility index (Phi) is 5.84. The Hall–Kier alpha value is -3.82. The van der Waals surface area contributed by atoms with Crippen LogP contribution in [0.5, 0.6) is 5.75 Å². The third-order valence-electron chi connectivity index (χ3n) is 5.23. The van der Waals surface area contributed by atoms with E-state index in [1.54, 1.807) is 30.3 Å². The highest BCUT2D eigenvalue weighted by atomic mass is 19.4.